The molecule has 1 atom stereocenters. The Hall–Kier alpha value is -1.82. The van der Waals surface area contributed by atoms with Crippen LogP contribution in [0.3, 0.4) is 0 Å². The van der Waals surface area contributed by atoms with E-state index in [4.69, 9.17) is 5.26 Å². The molecule has 1 aromatic rings. The highest BCUT2D eigenvalue weighted by Gasteiger charge is 2.16. The fourth-order valence-electron chi connectivity index (χ4n) is 1.52. The molecule has 0 bridgehead atoms. The van der Waals surface area contributed by atoms with Crippen LogP contribution in [-0.4, -0.2) is 18.9 Å². The van der Waals surface area contributed by atoms with Crippen molar-refractivity contribution in [1.29, 1.82) is 5.26 Å². The Kier molecular flexibility index (Phi) is 2.19. The van der Waals surface area contributed by atoms with E-state index < -0.39 is 0 Å². The fourth-order valence-corrected chi connectivity index (χ4v) is 1.52. The van der Waals surface area contributed by atoms with Gasteiger partial charge < -0.3 is 4.90 Å². The van der Waals surface area contributed by atoms with Crippen molar-refractivity contribution in [3.63, 3.8) is 0 Å². The number of aliphatic imine (C=N–C) groups is 1. The van der Waals surface area contributed by atoms with Crippen molar-refractivity contribution in [3.8, 4) is 6.07 Å². The van der Waals surface area contributed by atoms with Gasteiger partial charge in [-0.2, -0.15) is 5.26 Å². The Morgan fingerprint density at radius 2 is 2.14 bits per heavy atom. The molecule has 2 rings (SSSR count). The first-order valence-corrected chi connectivity index (χ1v) is 4.60. The standard InChI is InChI=1S/C11H11N3/c1-9-7-13-8-14(9)11-4-2-10(6-12)3-5-11/h2-5,8-9H,7H2,1H3. The van der Waals surface area contributed by atoms with Gasteiger partial charge in [-0.05, 0) is 31.2 Å². The van der Waals surface area contributed by atoms with Gasteiger partial charge in [0.05, 0.1) is 30.6 Å². The number of hydrogen-bond acceptors (Lipinski definition) is 3. The number of rotatable bonds is 1. The normalized spacial score (nSPS) is 19.7. The van der Waals surface area contributed by atoms with Crippen molar-refractivity contribution in [2.45, 2.75) is 13.0 Å². The Morgan fingerprint density at radius 3 is 2.64 bits per heavy atom. The van der Waals surface area contributed by atoms with Crippen molar-refractivity contribution in [2.24, 2.45) is 4.99 Å². The second-order valence-corrected chi connectivity index (χ2v) is 3.40. The van der Waals surface area contributed by atoms with E-state index in [1.807, 2.05) is 30.6 Å². The zero-order chi connectivity index (χ0) is 9.97. The monoisotopic (exact) mass is 185 g/mol. The minimum Gasteiger partial charge on any atom is -0.328 e. The predicted octanol–water partition coefficient (Wildman–Crippen LogP) is 1.80. The molecule has 0 radical (unpaired) electrons. The highest BCUT2D eigenvalue weighted by Crippen LogP contribution is 2.18. The Balaban J connectivity index is 2.25. The first kappa shape index (κ1) is 8.76. The average Bonchev–Trinajstić information content (AvgIpc) is 2.65. The summed E-state index contributed by atoms with van der Waals surface area (Å²) in [5, 5.41) is 8.66. The summed E-state index contributed by atoms with van der Waals surface area (Å²) in [6, 6.07) is 10.1. The van der Waals surface area contributed by atoms with Crippen molar-refractivity contribution in [3.05, 3.63) is 29.8 Å². The zero-order valence-corrected chi connectivity index (χ0v) is 8.01. The number of nitrogens with zero attached hydrogens (tertiary/aromatic N) is 3. The predicted molar refractivity (Wildman–Crippen MR) is 56.5 cm³/mol. The van der Waals surface area contributed by atoms with Crippen LogP contribution in [0.2, 0.25) is 0 Å². The molecule has 0 aromatic heterocycles. The SMILES string of the molecule is CC1CN=CN1c1ccc(C#N)cc1. The van der Waals surface area contributed by atoms with E-state index in [1.165, 1.54) is 0 Å². The number of anilines is 1. The molecular weight excluding hydrogens is 174 g/mol. The minimum atomic E-state index is 0.419. The zero-order valence-electron chi connectivity index (χ0n) is 8.01. The largest absolute Gasteiger partial charge is 0.328 e. The number of nitriles is 1. The summed E-state index contributed by atoms with van der Waals surface area (Å²) in [5.74, 6) is 0. The van der Waals surface area contributed by atoms with Crippen LogP contribution in [-0.2, 0) is 0 Å². The highest BCUT2D eigenvalue weighted by molar-refractivity contribution is 5.82. The molecule has 70 valence electrons. The Morgan fingerprint density at radius 1 is 1.43 bits per heavy atom. The van der Waals surface area contributed by atoms with Crippen LogP contribution in [0, 0.1) is 11.3 Å². The van der Waals surface area contributed by atoms with E-state index in [9.17, 15) is 0 Å². The topological polar surface area (TPSA) is 39.4 Å². The van der Waals surface area contributed by atoms with E-state index >= 15 is 0 Å². The maximum absolute atomic E-state index is 8.66. The summed E-state index contributed by atoms with van der Waals surface area (Å²) in [6.45, 7) is 2.98. The van der Waals surface area contributed by atoms with Crippen LogP contribution in [0.25, 0.3) is 0 Å². The molecule has 0 aliphatic carbocycles. The van der Waals surface area contributed by atoms with Crippen molar-refractivity contribution >= 4 is 12.0 Å². The molecule has 0 saturated carbocycles. The molecule has 1 unspecified atom stereocenters. The van der Waals surface area contributed by atoms with Gasteiger partial charge in [-0.1, -0.05) is 0 Å². The number of hydrogen-bond donors (Lipinski definition) is 0. The maximum atomic E-state index is 8.66. The summed E-state index contributed by atoms with van der Waals surface area (Å²) in [4.78, 5) is 6.31. The van der Waals surface area contributed by atoms with Crippen LogP contribution in [0.1, 0.15) is 12.5 Å². The summed E-state index contributed by atoms with van der Waals surface area (Å²) in [5.41, 5.74) is 1.79. The van der Waals surface area contributed by atoms with Crippen LogP contribution < -0.4 is 4.90 Å². The van der Waals surface area contributed by atoms with Crippen LogP contribution in [0.15, 0.2) is 29.3 Å². The van der Waals surface area contributed by atoms with Crippen LogP contribution in [0.5, 0.6) is 0 Å². The molecular formula is C11H11N3. The molecule has 0 spiro atoms. The Labute approximate surface area is 83.3 Å². The van der Waals surface area contributed by atoms with Gasteiger partial charge in [0.1, 0.15) is 0 Å². The second kappa shape index (κ2) is 3.51. The quantitative estimate of drug-likeness (QED) is 0.669. The minimum absolute atomic E-state index is 0.419. The highest BCUT2D eigenvalue weighted by atomic mass is 15.2. The van der Waals surface area contributed by atoms with Crippen LogP contribution >= 0.6 is 0 Å². The van der Waals surface area contributed by atoms with Gasteiger partial charge in [-0.15, -0.1) is 0 Å². The molecule has 3 heteroatoms. The second-order valence-electron chi connectivity index (χ2n) is 3.40. The summed E-state index contributed by atoms with van der Waals surface area (Å²) in [7, 11) is 0. The van der Waals surface area contributed by atoms with Crippen molar-refractivity contribution in [2.75, 3.05) is 11.4 Å². The van der Waals surface area contributed by atoms with Gasteiger partial charge in [0, 0.05) is 5.69 Å². The molecule has 0 N–H and O–H groups in total. The third-order valence-corrected chi connectivity index (χ3v) is 2.35. The van der Waals surface area contributed by atoms with E-state index in [1.54, 1.807) is 0 Å². The maximum Gasteiger partial charge on any atom is 0.0991 e. The van der Waals surface area contributed by atoms with Gasteiger partial charge >= 0.3 is 0 Å². The first-order chi connectivity index (χ1) is 6.81. The van der Waals surface area contributed by atoms with Crippen molar-refractivity contribution in [1.82, 2.24) is 0 Å². The molecule has 1 aliphatic rings. The first-order valence-electron chi connectivity index (χ1n) is 4.60. The van der Waals surface area contributed by atoms with E-state index in [0.717, 1.165) is 12.2 Å². The number of benzene rings is 1. The van der Waals surface area contributed by atoms with E-state index in [0.29, 0.717) is 11.6 Å². The lowest BCUT2D eigenvalue weighted by molar-refractivity contribution is 0.786. The Bertz CT molecular complexity index is 386. The molecule has 3 nitrogen and oxygen atoms in total. The molecule has 0 saturated heterocycles. The summed E-state index contributed by atoms with van der Waals surface area (Å²) in [6.07, 6.45) is 1.85. The van der Waals surface area contributed by atoms with Gasteiger partial charge in [0.25, 0.3) is 0 Å². The smallest absolute Gasteiger partial charge is 0.0991 e. The lowest BCUT2D eigenvalue weighted by Gasteiger charge is -2.20. The molecule has 1 heterocycles. The third-order valence-electron chi connectivity index (χ3n) is 2.35. The van der Waals surface area contributed by atoms with Gasteiger partial charge in [0.15, 0.2) is 0 Å². The van der Waals surface area contributed by atoms with Gasteiger partial charge in [-0.3, -0.25) is 4.99 Å². The summed E-state index contributed by atoms with van der Waals surface area (Å²) < 4.78 is 0. The van der Waals surface area contributed by atoms with Gasteiger partial charge in [-0.25, -0.2) is 0 Å². The molecule has 1 aliphatic heterocycles. The third kappa shape index (κ3) is 1.47. The molecule has 0 amide bonds. The molecule has 14 heavy (non-hydrogen) atoms. The fraction of sp³-hybridized carbons (Fsp3) is 0.273. The molecule has 0 fully saturated rings. The lowest BCUT2D eigenvalue weighted by Crippen LogP contribution is -2.28. The summed E-state index contributed by atoms with van der Waals surface area (Å²) >= 11 is 0. The lowest BCUT2D eigenvalue weighted by atomic mass is 10.2. The van der Waals surface area contributed by atoms with E-state index in [-0.39, 0.29) is 0 Å². The van der Waals surface area contributed by atoms with Crippen molar-refractivity contribution < 1.29 is 0 Å². The molecule has 1 aromatic carbocycles. The average molecular weight is 185 g/mol. The van der Waals surface area contributed by atoms with Gasteiger partial charge in [0.2, 0.25) is 0 Å². The van der Waals surface area contributed by atoms with Crippen LogP contribution in [0.4, 0.5) is 5.69 Å². The van der Waals surface area contributed by atoms with E-state index in [2.05, 4.69) is 22.9 Å².